The van der Waals surface area contributed by atoms with Gasteiger partial charge in [0, 0.05) is 28.5 Å². The third kappa shape index (κ3) is 3.96. The summed E-state index contributed by atoms with van der Waals surface area (Å²) in [6, 6.07) is 14.6. The van der Waals surface area contributed by atoms with E-state index < -0.39 is 0 Å². The standard InChI is InChI=1S/C24H25N3OS/c1-4-17-9-11-19(12-10-17)21-14-27-20(15-29-24(27)25-21)13-22(28)26-23-16(3)7-6-8-18(23)5-2/h6-12,14-15H,4-5,13H2,1-3H3,(H,26,28). The molecule has 4 nitrogen and oxygen atoms in total. The Labute approximate surface area is 175 Å². The third-order valence-electron chi connectivity index (χ3n) is 5.29. The van der Waals surface area contributed by atoms with E-state index in [-0.39, 0.29) is 5.91 Å². The predicted octanol–water partition coefficient (Wildman–Crippen LogP) is 5.68. The molecule has 0 aliphatic carbocycles. The molecule has 0 atom stereocenters. The number of para-hydroxylation sites is 1. The second-order valence-electron chi connectivity index (χ2n) is 7.24. The van der Waals surface area contributed by atoms with Gasteiger partial charge in [-0.05, 0) is 36.5 Å². The van der Waals surface area contributed by atoms with E-state index in [0.717, 1.165) is 51.6 Å². The van der Waals surface area contributed by atoms with Crippen molar-refractivity contribution in [3.8, 4) is 11.3 Å². The Morgan fingerprint density at radius 3 is 2.62 bits per heavy atom. The first kappa shape index (κ1) is 19.4. The zero-order valence-electron chi connectivity index (χ0n) is 17.0. The number of nitrogens with zero attached hydrogens (tertiary/aromatic N) is 2. The second-order valence-corrected chi connectivity index (χ2v) is 8.08. The molecule has 0 saturated carbocycles. The molecule has 2 aromatic heterocycles. The topological polar surface area (TPSA) is 46.4 Å². The average Bonchev–Trinajstić information content (AvgIpc) is 3.31. The molecule has 0 radical (unpaired) electrons. The summed E-state index contributed by atoms with van der Waals surface area (Å²) in [5.41, 5.74) is 7.50. The van der Waals surface area contributed by atoms with Gasteiger partial charge in [0.15, 0.2) is 4.96 Å². The quantitative estimate of drug-likeness (QED) is 0.450. The molecule has 2 aromatic carbocycles. The molecule has 0 aliphatic heterocycles. The van der Waals surface area contributed by atoms with E-state index in [1.165, 1.54) is 5.56 Å². The number of aromatic nitrogens is 2. The molecular formula is C24H25N3OS. The van der Waals surface area contributed by atoms with Crippen LogP contribution in [-0.2, 0) is 24.1 Å². The van der Waals surface area contributed by atoms with Gasteiger partial charge in [-0.1, -0.05) is 56.3 Å². The van der Waals surface area contributed by atoms with Crippen molar-refractivity contribution in [1.82, 2.24) is 9.38 Å². The van der Waals surface area contributed by atoms with E-state index in [0.29, 0.717) is 6.42 Å². The highest BCUT2D eigenvalue weighted by atomic mass is 32.1. The first-order chi connectivity index (χ1) is 14.1. The number of carbonyl (C=O) groups excluding carboxylic acids is 1. The normalized spacial score (nSPS) is 11.1. The minimum Gasteiger partial charge on any atom is -0.325 e. The smallest absolute Gasteiger partial charge is 0.230 e. The fourth-order valence-electron chi connectivity index (χ4n) is 3.56. The van der Waals surface area contributed by atoms with Gasteiger partial charge in [-0.25, -0.2) is 4.98 Å². The van der Waals surface area contributed by atoms with Gasteiger partial charge >= 0.3 is 0 Å². The van der Waals surface area contributed by atoms with Crippen molar-refractivity contribution in [1.29, 1.82) is 0 Å². The van der Waals surface area contributed by atoms with E-state index >= 15 is 0 Å². The number of benzene rings is 2. The van der Waals surface area contributed by atoms with Gasteiger partial charge in [0.1, 0.15) is 0 Å². The molecule has 4 rings (SSSR count). The number of thiazole rings is 1. The van der Waals surface area contributed by atoms with Crippen LogP contribution in [0.4, 0.5) is 5.69 Å². The highest BCUT2D eigenvalue weighted by Gasteiger charge is 2.14. The van der Waals surface area contributed by atoms with Crippen LogP contribution in [0.25, 0.3) is 16.2 Å². The number of carbonyl (C=O) groups is 1. The number of anilines is 1. The number of amides is 1. The summed E-state index contributed by atoms with van der Waals surface area (Å²) < 4.78 is 2.03. The highest BCUT2D eigenvalue weighted by molar-refractivity contribution is 7.15. The largest absolute Gasteiger partial charge is 0.325 e. The summed E-state index contributed by atoms with van der Waals surface area (Å²) in [5, 5.41) is 5.13. The van der Waals surface area contributed by atoms with Crippen LogP contribution in [0, 0.1) is 6.92 Å². The van der Waals surface area contributed by atoms with E-state index in [1.807, 2.05) is 35.0 Å². The summed E-state index contributed by atoms with van der Waals surface area (Å²) in [7, 11) is 0. The van der Waals surface area contributed by atoms with Crippen molar-refractivity contribution in [2.24, 2.45) is 0 Å². The summed E-state index contributed by atoms with van der Waals surface area (Å²) in [5.74, 6) is -0.00347. The first-order valence-electron chi connectivity index (χ1n) is 10.0. The number of aryl methyl sites for hydroxylation is 3. The van der Waals surface area contributed by atoms with Crippen LogP contribution in [0.15, 0.2) is 54.0 Å². The van der Waals surface area contributed by atoms with Gasteiger partial charge in [0.05, 0.1) is 12.1 Å². The van der Waals surface area contributed by atoms with Crippen LogP contribution >= 0.6 is 11.3 Å². The lowest BCUT2D eigenvalue weighted by molar-refractivity contribution is -0.115. The Bertz CT molecular complexity index is 1150. The van der Waals surface area contributed by atoms with Gasteiger partial charge in [-0.15, -0.1) is 11.3 Å². The van der Waals surface area contributed by atoms with Crippen LogP contribution in [0.1, 0.15) is 36.2 Å². The lowest BCUT2D eigenvalue weighted by Crippen LogP contribution is -2.17. The summed E-state index contributed by atoms with van der Waals surface area (Å²) in [6.07, 6.45) is 4.27. The molecule has 0 saturated heterocycles. The molecule has 1 amide bonds. The van der Waals surface area contributed by atoms with E-state index in [2.05, 4.69) is 49.5 Å². The molecule has 4 aromatic rings. The van der Waals surface area contributed by atoms with Crippen LogP contribution in [0.3, 0.4) is 0 Å². The molecule has 5 heteroatoms. The van der Waals surface area contributed by atoms with Gasteiger partial charge in [0.2, 0.25) is 5.91 Å². The number of nitrogens with one attached hydrogen (secondary N) is 1. The van der Waals surface area contributed by atoms with Crippen LogP contribution < -0.4 is 5.32 Å². The molecule has 0 unspecified atom stereocenters. The molecule has 0 aliphatic rings. The average molecular weight is 404 g/mol. The number of fused-ring (bicyclic) bond motifs is 1. The van der Waals surface area contributed by atoms with Crippen LogP contribution in [-0.4, -0.2) is 15.3 Å². The summed E-state index contributed by atoms with van der Waals surface area (Å²) in [6.45, 7) is 6.29. The van der Waals surface area contributed by atoms with Gasteiger partial charge in [0.25, 0.3) is 0 Å². The molecule has 1 N–H and O–H groups in total. The lowest BCUT2D eigenvalue weighted by Gasteiger charge is -2.12. The van der Waals surface area contributed by atoms with Crippen molar-refractivity contribution >= 4 is 27.9 Å². The zero-order chi connectivity index (χ0) is 20.4. The van der Waals surface area contributed by atoms with Gasteiger partial charge in [-0.3, -0.25) is 9.20 Å². The van der Waals surface area contributed by atoms with E-state index in [4.69, 9.17) is 4.98 Å². The van der Waals surface area contributed by atoms with Crippen molar-refractivity contribution < 1.29 is 4.79 Å². The Hall–Kier alpha value is -2.92. The van der Waals surface area contributed by atoms with Crippen molar-refractivity contribution in [2.75, 3.05) is 5.32 Å². The Morgan fingerprint density at radius 1 is 1.10 bits per heavy atom. The van der Waals surface area contributed by atoms with Crippen molar-refractivity contribution in [3.63, 3.8) is 0 Å². The molecular weight excluding hydrogens is 378 g/mol. The fraction of sp³-hybridized carbons (Fsp3) is 0.250. The highest BCUT2D eigenvalue weighted by Crippen LogP contribution is 2.25. The second kappa shape index (κ2) is 8.21. The predicted molar refractivity (Wildman–Crippen MR) is 121 cm³/mol. The monoisotopic (exact) mass is 403 g/mol. The Balaban J connectivity index is 1.55. The minimum atomic E-state index is -0.00347. The SMILES string of the molecule is CCc1ccc(-c2cn3c(CC(=O)Nc4c(C)cccc4CC)csc3n2)cc1. The maximum Gasteiger partial charge on any atom is 0.230 e. The first-order valence-corrected chi connectivity index (χ1v) is 10.9. The molecule has 2 heterocycles. The fourth-order valence-corrected chi connectivity index (χ4v) is 4.43. The van der Waals surface area contributed by atoms with Crippen LogP contribution in [0.5, 0.6) is 0 Å². The Kier molecular flexibility index (Phi) is 5.49. The van der Waals surface area contributed by atoms with Crippen LogP contribution in [0.2, 0.25) is 0 Å². The van der Waals surface area contributed by atoms with Crippen molar-refractivity contribution in [2.45, 2.75) is 40.0 Å². The molecule has 29 heavy (non-hydrogen) atoms. The van der Waals surface area contributed by atoms with Crippen molar-refractivity contribution in [3.05, 3.63) is 76.4 Å². The van der Waals surface area contributed by atoms with E-state index in [9.17, 15) is 4.79 Å². The summed E-state index contributed by atoms with van der Waals surface area (Å²) >= 11 is 1.57. The maximum atomic E-state index is 12.8. The molecule has 0 fully saturated rings. The number of hydrogen-bond acceptors (Lipinski definition) is 3. The molecule has 0 spiro atoms. The summed E-state index contributed by atoms with van der Waals surface area (Å²) in [4.78, 5) is 18.4. The minimum absolute atomic E-state index is 0.00347. The lowest BCUT2D eigenvalue weighted by atomic mass is 10.1. The van der Waals surface area contributed by atoms with Gasteiger partial charge < -0.3 is 5.32 Å². The number of hydrogen-bond donors (Lipinski definition) is 1. The molecule has 148 valence electrons. The van der Waals surface area contributed by atoms with E-state index in [1.54, 1.807) is 11.3 Å². The zero-order valence-corrected chi connectivity index (χ0v) is 17.8. The number of rotatable bonds is 6. The maximum absolute atomic E-state index is 12.8. The third-order valence-corrected chi connectivity index (χ3v) is 6.18. The number of imidazole rings is 1. The van der Waals surface area contributed by atoms with Gasteiger partial charge in [-0.2, -0.15) is 0 Å². The Morgan fingerprint density at radius 2 is 1.90 bits per heavy atom. The molecule has 0 bridgehead atoms.